The number of aromatic nitrogens is 2. The second kappa shape index (κ2) is 9.93. The lowest BCUT2D eigenvalue weighted by atomic mass is 10.2. The van der Waals surface area contributed by atoms with Gasteiger partial charge in [-0.3, -0.25) is 4.79 Å². The van der Waals surface area contributed by atoms with E-state index in [9.17, 15) is 4.79 Å². The van der Waals surface area contributed by atoms with Crippen LogP contribution in [0, 0.1) is 0 Å². The Bertz CT molecular complexity index is 1080. The number of nitrogens with zero attached hydrogens (tertiary/aromatic N) is 4. The molecule has 8 heteroatoms. The molecule has 2 N–H and O–H groups in total. The molecule has 8 nitrogen and oxygen atoms in total. The molecule has 0 aliphatic carbocycles. The molecule has 4 rings (SSSR count). The number of carbonyl (C=O) groups excluding carboxylic acids is 1. The topological polar surface area (TPSA) is 82.6 Å². The summed E-state index contributed by atoms with van der Waals surface area (Å²) in [6.45, 7) is 7.68. The van der Waals surface area contributed by atoms with Crippen molar-refractivity contribution in [1.29, 1.82) is 0 Å². The first-order valence-corrected chi connectivity index (χ1v) is 10.4. The van der Waals surface area contributed by atoms with Crippen LogP contribution in [0.2, 0.25) is 0 Å². The van der Waals surface area contributed by atoms with Crippen LogP contribution in [0.15, 0.2) is 73.6 Å². The smallest absolute Gasteiger partial charge is 0.247 e. The first-order chi connectivity index (χ1) is 15.6. The average molecular weight is 431 g/mol. The molecule has 0 radical (unpaired) electrons. The summed E-state index contributed by atoms with van der Waals surface area (Å²) in [5, 5.41) is 5.99. The summed E-state index contributed by atoms with van der Waals surface area (Å²) in [6.07, 6.45) is 2.66. The number of ether oxygens (including phenoxy) is 1. The van der Waals surface area contributed by atoms with E-state index in [0.717, 1.165) is 31.9 Å². The normalized spacial score (nSPS) is 14.0. The first-order valence-electron chi connectivity index (χ1n) is 10.4. The third kappa shape index (κ3) is 5.61. The zero-order valence-electron chi connectivity index (χ0n) is 18.0. The Hall–Kier alpha value is -3.91. The average Bonchev–Trinajstić information content (AvgIpc) is 2.81. The van der Waals surface area contributed by atoms with Crippen LogP contribution in [-0.4, -0.2) is 54.0 Å². The molecule has 32 heavy (non-hydrogen) atoms. The summed E-state index contributed by atoms with van der Waals surface area (Å²) in [5.41, 5.74) is 2.76. The van der Waals surface area contributed by atoms with Crippen LogP contribution in [0.5, 0.6) is 11.6 Å². The van der Waals surface area contributed by atoms with Gasteiger partial charge in [-0.15, -0.1) is 0 Å². The van der Waals surface area contributed by atoms with E-state index in [0.29, 0.717) is 23.1 Å². The lowest BCUT2D eigenvalue weighted by Crippen LogP contribution is -2.44. The van der Waals surface area contributed by atoms with Crippen molar-refractivity contribution in [2.24, 2.45) is 0 Å². The predicted octanol–water partition coefficient (Wildman–Crippen LogP) is 3.89. The molecular weight excluding hydrogens is 404 g/mol. The minimum atomic E-state index is -0.283. The van der Waals surface area contributed by atoms with Crippen LogP contribution in [0.25, 0.3) is 0 Å². The highest BCUT2D eigenvalue weighted by atomic mass is 16.5. The van der Waals surface area contributed by atoms with Crippen LogP contribution < -0.4 is 20.3 Å². The predicted molar refractivity (Wildman–Crippen MR) is 127 cm³/mol. The molecule has 0 bridgehead atoms. The van der Waals surface area contributed by atoms with Crippen LogP contribution in [0.3, 0.4) is 0 Å². The molecule has 1 aliphatic rings. The van der Waals surface area contributed by atoms with Gasteiger partial charge in [0.05, 0.1) is 0 Å². The van der Waals surface area contributed by atoms with Gasteiger partial charge in [-0.1, -0.05) is 12.6 Å². The fraction of sp³-hybridized carbons (Fsp3) is 0.208. The maximum atomic E-state index is 11.5. The van der Waals surface area contributed by atoms with Gasteiger partial charge in [-0.25, -0.2) is 9.97 Å². The van der Waals surface area contributed by atoms with Gasteiger partial charge in [0, 0.05) is 55.4 Å². The van der Waals surface area contributed by atoms with Gasteiger partial charge in [-0.2, -0.15) is 0 Å². The zero-order valence-corrected chi connectivity index (χ0v) is 18.0. The number of piperazine rings is 1. The molecule has 0 atom stereocenters. The van der Waals surface area contributed by atoms with Crippen molar-refractivity contribution < 1.29 is 9.53 Å². The van der Waals surface area contributed by atoms with Crippen molar-refractivity contribution >= 4 is 28.8 Å². The van der Waals surface area contributed by atoms with Gasteiger partial charge in [0.1, 0.15) is 17.9 Å². The Morgan fingerprint density at radius 2 is 1.81 bits per heavy atom. The molecule has 1 aliphatic heterocycles. The fourth-order valence-corrected chi connectivity index (χ4v) is 3.38. The SMILES string of the molecule is C=CC(=O)Nc1cccc(Oc2cc(Nc3ccc(N4CCN(C)CC4)cc3)ncn2)c1. The van der Waals surface area contributed by atoms with Gasteiger partial charge in [-0.05, 0) is 49.5 Å². The number of anilines is 4. The minimum absolute atomic E-state index is 0.283. The summed E-state index contributed by atoms with van der Waals surface area (Å²) in [7, 11) is 2.15. The monoisotopic (exact) mass is 430 g/mol. The summed E-state index contributed by atoms with van der Waals surface area (Å²) in [4.78, 5) is 24.7. The number of benzene rings is 2. The molecule has 0 spiro atoms. The molecular formula is C24H26N6O2. The number of hydrogen-bond acceptors (Lipinski definition) is 7. The molecule has 1 aromatic heterocycles. The van der Waals surface area contributed by atoms with E-state index in [-0.39, 0.29) is 5.91 Å². The molecule has 1 amide bonds. The van der Waals surface area contributed by atoms with Crippen molar-refractivity contribution in [3.05, 3.63) is 73.6 Å². The summed E-state index contributed by atoms with van der Waals surface area (Å²) in [5.74, 6) is 1.28. The Balaban J connectivity index is 1.39. The molecule has 0 saturated carbocycles. The first kappa shape index (κ1) is 21.3. The fourth-order valence-electron chi connectivity index (χ4n) is 3.38. The van der Waals surface area contributed by atoms with Crippen LogP contribution in [-0.2, 0) is 4.79 Å². The largest absolute Gasteiger partial charge is 0.439 e. The standard InChI is InChI=1S/C24H26N6O2/c1-3-23(31)28-19-5-4-6-21(15-19)32-24-16-22(25-17-26-24)27-18-7-9-20(10-8-18)30-13-11-29(2)12-14-30/h3-10,15-17H,1,11-14H2,2H3,(H,28,31)(H,25,26,27). The number of nitrogens with one attached hydrogen (secondary N) is 2. The third-order valence-corrected chi connectivity index (χ3v) is 5.16. The number of carbonyl (C=O) groups is 1. The van der Waals surface area contributed by atoms with Crippen LogP contribution in [0.1, 0.15) is 0 Å². The van der Waals surface area contributed by atoms with Crippen molar-refractivity contribution in [1.82, 2.24) is 14.9 Å². The Morgan fingerprint density at radius 3 is 2.56 bits per heavy atom. The van der Waals surface area contributed by atoms with Gasteiger partial charge in [0.15, 0.2) is 0 Å². The summed E-state index contributed by atoms with van der Waals surface area (Å²) < 4.78 is 5.84. The van der Waals surface area contributed by atoms with Gasteiger partial charge < -0.3 is 25.2 Å². The second-order valence-electron chi connectivity index (χ2n) is 7.53. The van der Waals surface area contributed by atoms with Gasteiger partial charge in [0.2, 0.25) is 11.8 Å². The lowest BCUT2D eigenvalue weighted by Gasteiger charge is -2.34. The highest BCUT2D eigenvalue weighted by molar-refractivity contribution is 5.98. The number of amides is 1. The van der Waals surface area contributed by atoms with E-state index in [1.165, 1.54) is 18.1 Å². The molecule has 1 fully saturated rings. The molecule has 1 saturated heterocycles. The molecule has 2 heterocycles. The molecule has 164 valence electrons. The minimum Gasteiger partial charge on any atom is -0.439 e. The molecule has 0 unspecified atom stereocenters. The van der Waals surface area contributed by atoms with E-state index in [2.05, 4.69) is 56.2 Å². The van der Waals surface area contributed by atoms with Gasteiger partial charge >= 0.3 is 0 Å². The van der Waals surface area contributed by atoms with E-state index in [4.69, 9.17) is 4.74 Å². The Labute approximate surface area is 187 Å². The second-order valence-corrected chi connectivity index (χ2v) is 7.53. The maximum absolute atomic E-state index is 11.5. The number of hydrogen-bond donors (Lipinski definition) is 2. The van der Waals surface area contributed by atoms with E-state index in [1.54, 1.807) is 30.3 Å². The summed E-state index contributed by atoms with van der Waals surface area (Å²) in [6, 6.07) is 17.1. The Morgan fingerprint density at radius 1 is 1.03 bits per heavy atom. The highest BCUT2D eigenvalue weighted by Crippen LogP contribution is 2.26. The lowest BCUT2D eigenvalue weighted by molar-refractivity contribution is -0.111. The van der Waals surface area contributed by atoms with E-state index >= 15 is 0 Å². The van der Waals surface area contributed by atoms with Crippen LogP contribution in [0.4, 0.5) is 22.9 Å². The van der Waals surface area contributed by atoms with Gasteiger partial charge in [0.25, 0.3) is 0 Å². The summed E-state index contributed by atoms with van der Waals surface area (Å²) >= 11 is 0. The number of rotatable bonds is 7. The van der Waals surface area contributed by atoms with Crippen LogP contribution >= 0.6 is 0 Å². The Kier molecular flexibility index (Phi) is 6.62. The molecule has 3 aromatic rings. The van der Waals surface area contributed by atoms with Crippen molar-refractivity contribution in [3.63, 3.8) is 0 Å². The van der Waals surface area contributed by atoms with Crippen molar-refractivity contribution in [2.75, 3.05) is 48.8 Å². The zero-order chi connectivity index (χ0) is 22.3. The maximum Gasteiger partial charge on any atom is 0.247 e. The highest BCUT2D eigenvalue weighted by Gasteiger charge is 2.14. The van der Waals surface area contributed by atoms with Crippen molar-refractivity contribution in [2.45, 2.75) is 0 Å². The van der Waals surface area contributed by atoms with Crippen molar-refractivity contribution in [3.8, 4) is 11.6 Å². The number of likely N-dealkylation sites (N-methyl/N-ethyl adjacent to an activating group) is 1. The molecule has 2 aromatic carbocycles. The van der Waals surface area contributed by atoms with E-state index in [1.807, 2.05) is 12.1 Å². The third-order valence-electron chi connectivity index (χ3n) is 5.16. The van der Waals surface area contributed by atoms with E-state index < -0.39 is 0 Å². The quantitative estimate of drug-likeness (QED) is 0.550.